The van der Waals surface area contributed by atoms with Gasteiger partial charge in [-0.05, 0) is 12.1 Å². The molecular formula is C33H43AsF2N6O7S. The van der Waals surface area contributed by atoms with Crippen molar-refractivity contribution in [3.05, 3.63) is 64.9 Å². The molecule has 2 aliphatic heterocycles. The summed E-state index contributed by atoms with van der Waals surface area (Å²) in [5.41, 5.74) is 3.91. The van der Waals surface area contributed by atoms with Crippen LogP contribution in [0.2, 0.25) is 10.9 Å². The minimum absolute atomic E-state index is 0.00948. The first-order chi connectivity index (χ1) is 23.9. The van der Waals surface area contributed by atoms with Gasteiger partial charge in [0.15, 0.2) is 0 Å². The number of amides is 1. The molecule has 3 aromatic rings. The van der Waals surface area contributed by atoms with E-state index < -0.39 is 53.2 Å². The van der Waals surface area contributed by atoms with E-state index in [2.05, 4.69) is 26.3 Å². The molecule has 0 saturated carbocycles. The molecule has 0 radical (unpaired) electrons. The molecular weight excluding hydrogens is 737 g/mol. The fraction of sp³-hybridized carbons (Fsp3) is 0.485. The number of methoxy groups -OCH3 is 1. The van der Waals surface area contributed by atoms with Crippen molar-refractivity contribution in [2.75, 3.05) is 71.4 Å². The first-order valence-corrected chi connectivity index (χ1v) is 21.8. The number of nitrogens with one attached hydrogen (secondary N) is 2. The summed E-state index contributed by atoms with van der Waals surface area (Å²) in [6.45, 7) is 1.83. The van der Waals surface area contributed by atoms with Crippen molar-refractivity contribution < 1.29 is 41.0 Å². The second kappa shape index (κ2) is 16.7. The molecule has 1 atom stereocenters. The molecule has 1 fully saturated rings. The molecule has 1 saturated heterocycles. The third-order valence-corrected chi connectivity index (χ3v) is 14.6. The van der Waals surface area contributed by atoms with Gasteiger partial charge in [-0.15, -0.1) is 0 Å². The molecule has 2 N–H and O–H groups in total. The van der Waals surface area contributed by atoms with Gasteiger partial charge in [-0.1, -0.05) is 0 Å². The van der Waals surface area contributed by atoms with Gasteiger partial charge < -0.3 is 4.74 Å². The number of halogens is 2. The number of carbonyl (C=O) groups is 2. The predicted octanol–water partition coefficient (Wildman–Crippen LogP) is 3.28. The Bertz CT molecular complexity index is 1780. The normalized spacial score (nSPS) is 16.2. The van der Waals surface area contributed by atoms with Gasteiger partial charge in [-0.3, -0.25) is 0 Å². The third-order valence-electron chi connectivity index (χ3n) is 8.57. The molecule has 5 rings (SSSR count). The van der Waals surface area contributed by atoms with Crippen molar-refractivity contribution in [3.63, 3.8) is 0 Å². The Morgan fingerprint density at radius 3 is 2.50 bits per heavy atom. The fourth-order valence-electron chi connectivity index (χ4n) is 5.75. The van der Waals surface area contributed by atoms with Crippen LogP contribution in [0.1, 0.15) is 34.5 Å². The second-order valence-corrected chi connectivity index (χ2v) is 19.3. The van der Waals surface area contributed by atoms with Crippen molar-refractivity contribution in [2.45, 2.75) is 47.7 Å². The monoisotopic (exact) mass is 780 g/mol. The molecule has 2 aromatic carbocycles. The van der Waals surface area contributed by atoms with Gasteiger partial charge in [-0.2, -0.15) is 0 Å². The quantitative estimate of drug-likeness (QED) is 0.196. The van der Waals surface area contributed by atoms with E-state index in [0.29, 0.717) is 36.2 Å². The Morgan fingerprint density at radius 2 is 1.82 bits per heavy atom. The number of benzene rings is 2. The van der Waals surface area contributed by atoms with E-state index in [1.165, 1.54) is 11.5 Å². The third kappa shape index (κ3) is 9.08. The van der Waals surface area contributed by atoms with E-state index in [1.54, 1.807) is 6.07 Å². The zero-order chi connectivity index (χ0) is 36.0. The maximum absolute atomic E-state index is 14.1. The first-order valence-electron chi connectivity index (χ1n) is 16.3. The second-order valence-electron chi connectivity index (χ2n) is 12.4. The number of hydrogen-bond acceptors (Lipinski definition) is 10. The maximum atomic E-state index is 14.1. The topological polar surface area (TPSA) is 144 Å². The van der Waals surface area contributed by atoms with Crippen LogP contribution in [0.5, 0.6) is 0 Å². The number of anilines is 2. The number of rotatable bonds is 13. The van der Waals surface area contributed by atoms with E-state index in [0.717, 1.165) is 45.7 Å². The summed E-state index contributed by atoms with van der Waals surface area (Å²) >= 11 is -1.42. The Labute approximate surface area is 295 Å². The van der Waals surface area contributed by atoms with Gasteiger partial charge in [0.25, 0.3) is 0 Å². The molecule has 1 aromatic heterocycles. The molecule has 0 aliphatic carbocycles. The average Bonchev–Trinajstić information content (AvgIpc) is 3.44. The first kappa shape index (κ1) is 37.8. The number of aromatic nitrogens is 2. The van der Waals surface area contributed by atoms with Crippen LogP contribution in [0.3, 0.4) is 0 Å². The summed E-state index contributed by atoms with van der Waals surface area (Å²) in [4.78, 5) is 28.7. The van der Waals surface area contributed by atoms with Crippen LogP contribution in [-0.4, -0.2) is 121 Å². The summed E-state index contributed by atoms with van der Waals surface area (Å²) < 4.78 is 74.1. The predicted molar refractivity (Wildman–Crippen MR) is 185 cm³/mol. The van der Waals surface area contributed by atoms with Gasteiger partial charge in [0.05, 0.1) is 6.61 Å². The molecule has 17 heteroatoms. The Balaban J connectivity index is 1.48. The van der Waals surface area contributed by atoms with Gasteiger partial charge in [0.2, 0.25) is 0 Å². The summed E-state index contributed by atoms with van der Waals surface area (Å²) in [5.74, 6) is -2.62. The summed E-state index contributed by atoms with van der Waals surface area (Å²) in [5, 5.41) is 11.8. The molecule has 50 heavy (non-hydrogen) atoms. The zero-order valence-electron chi connectivity index (χ0n) is 28.6. The van der Waals surface area contributed by atoms with Crippen molar-refractivity contribution in [1.82, 2.24) is 19.0 Å². The van der Waals surface area contributed by atoms with E-state index in [-0.39, 0.29) is 50.1 Å². The zero-order valence-corrected chi connectivity index (χ0v) is 31.3. The van der Waals surface area contributed by atoms with Crippen LogP contribution in [0.15, 0.2) is 41.3 Å². The summed E-state index contributed by atoms with van der Waals surface area (Å²) in [6, 6.07) is 7.99. The van der Waals surface area contributed by atoms with Gasteiger partial charge in [-0.25, -0.2) is 8.78 Å². The number of hydrogen-bond donors (Lipinski definition) is 2. The molecule has 1 unspecified atom stereocenters. The Hall–Kier alpha value is -3.40. The molecule has 13 nitrogen and oxygen atoms in total. The van der Waals surface area contributed by atoms with Crippen LogP contribution in [0.4, 0.5) is 25.1 Å². The Morgan fingerprint density at radius 1 is 1.10 bits per heavy atom. The number of ether oxygens (including phenoxy) is 3. The van der Waals surface area contributed by atoms with Gasteiger partial charge in [0.1, 0.15) is 11.6 Å². The number of nitrogens with zero attached hydrogens (tertiary/aromatic N) is 4. The average molecular weight is 781 g/mol. The standard InChI is InChI=1S/C33H43AsF2N6O7S/c1-34(10-12-40(2)3)22-5-6-27(29(17-22)37-25-8-13-48-14-9-25)32(43)38-31-28-21-41(50(45,46)26-19-23(35)18-24(36)20-26)11-7-30(28)42(39-31)33(44)49-16-15-47-4/h5-6,17-20,25,37H,7-16,21H2,1-4H3,(H,38,39,43). The van der Waals surface area contributed by atoms with Gasteiger partial charge in [0, 0.05) is 13.2 Å². The van der Waals surface area contributed by atoms with Crippen LogP contribution >= 0.6 is 0 Å². The number of fused-ring (bicyclic) bond motifs is 1. The molecule has 0 spiro atoms. The Kier molecular flexibility index (Phi) is 12.7. The van der Waals surface area contributed by atoms with Crippen LogP contribution in [-0.2, 0) is 37.2 Å². The summed E-state index contributed by atoms with van der Waals surface area (Å²) in [7, 11) is 1.18. The van der Waals surface area contributed by atoms with Gasteiger partial charge >= 0.3 is 239 Å². The van der Waals surface area contributed by atoms with Crippen molar-refractivity contribution in [3.8, 4) is 0 Å². The number of sulfonamides is 1. The van der Waals surface area contributed by atoms with Crippen LogP contribution < -0.4 is 15.0 Å². The van der Waals surface area contributed by atoms with Crippen LogP contribution in [0, 0.1) is 11.6 Å². The minimum atomic E-state index is -4.37. The van der Waals surface area contributed by atoms with Crippen molar-refractivity contribution >= 4 is 52.5 Å². The van der Waals surface area contributed by atoms with E-state index in [9.17, 15) is 26.8 Å². The SMILES string of the molecule is COCCOC(=O)n1nc(NC(=O)c2ccc([As](C)CCN(C)C)cc2NC2CCOCC2)c2c1CCN(S(=O)(=O)c1cc(F)cc(F)c1)C2. The molecule has 0 bridgehead atoms. The van der Waals surface area contributed by atoms with E-state index in [1.807, 2.05) is 26.2 Å². The van der Waals surface area contributed by atoms with Crippen LogP contribution in [0.25, 0.3) is 0 Å². The van der Waals surface area contributed by atoms with Crippen molar-refractivity contribution in [1.29, 1.82) is 0 Å². The van der Waals surface area contributed by atoms with E-state index in [4.69, 9.17) is 14.2 Å². The van der Waals surface area contributed by atoms with E-state index >= 15 is 0 Å². The molecule has 2 aliphatic rings. The summed E-state index contributed by atoms with van der Waals surface area (Å²) in [6.07, 6.45) is 0.741. The molecule has 272 valence electrons. The molecule has 1 amide bonds. The fourth-order valence-corrected chi connectivity index (χ4v) is 10.6. The van der Waals surface area contributed by atoms with Crippen molar-refractivity contribution in [2.24, 2.45) is 0 Å². The number of carbonyl (C=O) groups excluding carboxylic acids is 2. The molecule has 3 heterocycles.